The third-order valence-corrected chi connectivity index (χ3v) is 3.63. The van der Waals surface area contributed by atoms with Gasteiger partial charge in [0.2, 0.25) is 0 Å². The zero-order valence-corrected chi connectivity index (χ0v) is 11.6. The van der Waals surface area contributed by atoms with E-state index >= 15 is 0 Å². The molecular weight excluding hydrogens is 264 g/mol. The summed E-state index contributed by atoms with van der Waals surface area (Å²) in [5, 5.41) is 8.86. The average Bonchev–Trinajstić information content (AvgIpc) is 2.88. The molecule has 0 fully saturated rings. The molecule has 106 valence electrons. The molecule has 0 atom stereocenters. The van der Waals surface area contributed by atoms with E-state index in [0.717, 1.165) is 40.9 Å². The normalized spacial score (nSPS) is 15.0. The van der Waals surface area contributed by atoms with E-state index in [2.05, 4.69) is 0 Å². The molecule has 0 spiro atoms. The molecule has 1 aliphatic carbocycles. The van der Waals surface area contributed by atoms with Crippen molar-refractivity contribution in [3.8, 4) is 5.75 Å². The molecule has 0 saturated carbocycles. The van der Waals surface area contributed by atoms with Crippen LogP contribution in [0.4, 0.5) is 0 Å². The van der Waals surface area contributed by atoms with Crippen LogP contribution in [0, 0.1) is 0 Å². The van der Waals surface area contributed by atoms with Crippen LogP contribution in [0.5, 0.6) is 5.75 Å². The van der Waals surface area contributed by atoms with Crippen LogP contribution in [-0.4, -0.2) is 11.1 Å². The van der Waals surface area contributed by atoms with Crippen LogP contribution in [0.2, 0.25) is 0 Å². The molecular formula is C18H16O3. The summed E-state index contributed by atoms with van der Waals surface area (Å²) in [6, 6.07) is 15.9. The predicted molar refractivity (Wildman–Crippen MR) is 81.1 cm³/mol. The minimum absolute atomic E-state index is 0.539. The molecule has 1 N–H and O–H groups in total. The largest absolute Gasteiger partial charge is 0.489 e. The molecule has 0 heterocycles. The Morgan fingerprint density at radius 1 is 1.14 bits per heavy atom. The second-order valence-corrected chi connectivity index (χ2v) is 5.10. The highest BCUT2D eigenvalue weighted by Crippen LogP contribution is 2.34. The van der Waals surface area contributed by atoms with Gasteiger partial charge in [-0.3, -0.25) is 0 Å². The molecule has 0 aliphatic heterocycles. The molecule has 21 heavy (non-hydrogen) atoms. The number of benzene rings is 2. The maximum absolute atomic E-state index is 10.8. The second kappa shape index (κ2) is 5.83. The number of allylic oxidation sites excluding steroid dienone is 1. The van der Waals surface area contributed by atoms with Crippen LogP contribution < -0.4 is 4.74 Å². The summed E-state index contributed by atoms with van der Waals surface area (Å²) in [7, 11) is 0. The lowest BCUT2D eigenvalue weighted by Gasteiger charge is -2.08. The maximum Gasteiger partial charge on any atom is 0.328 e. The molecule has 0 aromatic heterocycles. The first-order valence-electron chi connectivity index (χ1n) is 6.96. The fraction of sp³-hybridized carbons (Fsp3) is 0.167. The van der Waals surface area contributed by atoms with E-state index in [-0.39, 0.29) is 0 Å². The molecule has 0 unspecified atom stereocenters. The highest BCUT2D eigenvalue weighted by atomic mass is 16.5. The summed E-state index contributed by atoms with van der Waals surface area (Å²) in [4.78, 5) is 10.8. The average molecular weight is 280 g/mol. The van der Waals surface area contributed by atoms with Gasteiger partial charge < -0.3 is 9.84 Å². The predicted octanol–water partition coefficient (Wildman–Crippen LogP) is 3.68. The van der Waals surface area contributed by atoms with Crippen molar-refractivity contribution < 1.29 is 14.6 Å². The van der Waals surface area contributed by atoms with Crippen LogP contribution >= 0.6 is 0 Å². The van der Waals surface area contributed by atoms with Gasteiger partial charge in [0, 0.05) is 6.08 Å². The SMILES string of the molecule is O=C(O)C=C1CCc2cc(OCc3ccccc3)ccc21. The number of aryl methyl sites for hydroxylation is 1. The Morgan fingerprint density at radius 3 is 2.71 bits per heavy atom. The highest BCUT2D eigenvalue weighted by molar-refractivity contribution is 5.91. The van der Waals surface area contributed by atoms with Crippen molar-refractivity contribution in [3.05, 3.63) is 71.3 Å². The number of carboxylic acid groups (broad SMARTS) is 1. The van der Waals surface area contributed by atoms with E-state index in [1.54, 1.807) is 0 Å². The van der Waals surface area contributed by atoms with E-state index in [9.17, 15) is 4.79 Å². The van der Waals surface area contributed by atoms with E-state index in [0.29, 0.717) is 6.61 Å². The number of hydrogen-bond acceptors (Lipinski definition) is 2. The first-order valence-corrected chi connectivity index (χ1v) is 6.96. The zero-order chi connectivity index (χ0) is 14.7. The lowest BCUT2D eigenvalue weighted by molar-refractivity contribution is -0.131. The van der Waals surface area contributed by atoms with Crippen LogP contribution in [0.1, 0.15) is 23.1 Å². The lowest BCUT2D eigenvalue weighted by atomic mass is 10.1. The molecule has 3 nitrogen and oxygen atoms in total. The van der Waals surface area contributed by atoms with Gasteiger partial charge >= 0.3 is 5.97 Å². The van der Waals surface area contributed by atoms with Gasteiger partial charge in [-0.15, -0.1) is 0 Å². The Hall–Kier alpha value is -2.55. The number of fused-ring (bicyclic) bond motifs is 1. The fourth-order valence-corrected chi connectivity index (χ4v) is 2.62. The Labute approximate surface area is 123 Å². The smallest absolute Gasteiger partial charge is 0.328 e. The molecule has 2 aromatic rings. The zero-order valence-electron chi connectivity index (χ0n) is 11.6. The Morgan fingerprint density at radius 2 is 1.95 bits per heavy atom. The number of carbonyl (C=O) groups is 1. The molecule has 2 aromatic carbocycles. The molecule has 3 heteroatoms. The van der Waals surface area contributed by atoms with Crippen molar-refractivity contribution in [2.75, 3.05) is 0 Å². The van der Waals surface area contributed by atoms with Gasteiger partial charge in [-0.05, 0) is 47.2 Å². The van der Waals surface area contributed by atoms with Gasteiger partial charge in [-0.1, -0.05) is 36.4 Å². The molecule has 3 rings (SSSR count). The van der Waals surface area contributed by atoms with Gasteiger partial charge in [0.05, 0.1) is 0 Å². The van der Waals surface area contributed by atoms with Crippen molar-refractivity contribution in [1.82, 2.24) is 0 Å². The Bertz CT molecular complexity index is 687. The van der Waals surface area contributed by atoms with Gasteiger partial charge in [0.15, 0.2) is 0 Å². The van der Waals surface area contributed by atoms with Crippen molar-refractivity contribution in [2.45, 2.75) is 19.4 Å². The van der Waals surface area contributed by atoms with E-state index in [1.165, 1.54) is 6.08 Å². The van der Waals surface area contributed by atoms with Crippen molar-refractivity contribution >= 4 is 11.5 Å². The quantitative estimate of drug-likeness (QED) is 0.869. The minimum Gasteiger partial charge on any atom is -0.489 e. The summed E-state index contributed by atoms with van der Waals surface area (Å²) in [6.45, 7) is 0.539. The van der Waals surface area contributed by atoms with Crippen molar-refractivity contribution in [3.63, 3.8) is 0 Å². The molecule has 0 bridgehead atoms. The maximum atomic E-state index is 10.8. The standard InChI is InChI=1S/C18H16O3/c19-18(20)11-15-7-6-14-10-16(8-9-17(14)15)21-12-13-4-2-1-3-5-13/h1-5,8-11H,6-7,12H2,(H,19,20). The summed E-state index contributed by atoms with van der Waals surface area (Å²) >= 11 is 0. The van der Waals surface area contributed by atoms with Crippen molar-refractivity contribution in [2.24, 2.45) is 0 Å². The first kappa shape index (κ1) is 13.4. The molecule has 0 saturated heterocycles. The highest BCUT2D eigenvalue weighted by Gasteiger charge is 2.17. The fourth-order valence-electron chi connectivity index (χ4n) is 2.62. The van der Waals surface area contributed by atoms with Gasteiger partial charge in [-0.2, -0.15) is 0 Å². The monoisotopic (exact) mass is 280 g/mol. The summed E-state index contributed by atoms with van der Waals surface area (Å²) < 4.78 is 5.80. The van der Waals surface area contributed by atoms with E-state index < -0.39 is 5.97 Å². The number of ether oxygens (including phenoxy) is 1. The molecule has 0 amide bonds. The number of carboxylic acids is 1. The number of rotatable bonds is 4. The van der Waals surface area contributed by atoms with Gasteiger partial charge in [0.1, 0.15) is 12.4 Å². The van der Waals surface area contributed by atoms with Crippen LogP contribution in [0.15, 0.2) is 54.6 Å². The van der Waals surface area contributed by atoms with Crippen molar-refractivity contribution in [1.29, 1.82) is 0 Å². The molecule has 0 radical (unpaired) electrons. The Kier molecular flexibility index (Phi) is 3.73. The van der Waals surface area contributed by atoms with Gasteiger partial charge in [-0.25, -0.2) is 4.79 Å². The number of hydrogen-bond donors (Lipinski definition) is 1. The van der Waals surface area contributed by atoms with Crippen LogP contribution in [0.3, 0.4) is 0 Å². The topological polar surface area (TPSA) is 46.5 Å². The minimum atomic E-state index is -0.887. The molecule has 1 aliphatic rings. The van der Waals surface area contributed by atoms with Crippen LogP contribution in [-0.2, 0) is 17.8 Å². The second-order valence-electron chi connectivity index (χ2n) is 5.10. The Balaban J connectivity index is 1.74. The van der Waals surface area contributed by atoms with E-state index in [4.69, 9.17) is 9.84 Å². The van der Waals surface area contributed by atoms with Gasteiger partial charge in [0.25, 0.3) is 0 Å². The third-order valence-electron chi connectivity index (χ3n) is 3.63. The summed E-state index contributed by atoms with van der Waals surface area (Å²) in [6.07, 6.45) is 2.96. The lowest BCUT2D eigenvalue weighted by Crippen LogP contribution is -1.96. The van der Waals surface area contributed by atoms with E-state index in [1.807, 2.05) is 48.5 Å². The van der Waals surface area contributed by atoms with Crippen LogP contribution in [0.25, 0.3) is 5.57 Å². The summed E-state index contributed by atoms with van der Waals surface area (Å²) in [5.41, 5.74) is 4.22. The third kappa shape index (κ3) is 3.14. The summed E-state index contributed by atoms with van der Waals surface area (Å²) in [5.74, 6) is -0.0589. The first-order chi connectivity index (χ1) is 10.2. The number of aliphatic carboxylic acids is 1.